The quantitative estimate of drug-likeness (QED) is 0.792. The Morgan fingerprint density at radius 2 is 1.86 bits per heavy atom. The molecule has 0 saturated heterocycles. The lowest BCUT2D eigenvalue weighted by atomic mass is 9.89. The van der Waals surface area contributed by atoms with Crippen molar-refractivity contribution in [2.45, 2.75) is 52.3 Å². The zero-order valence-electron chi connectivity index (χ0n) is 13.3. The summed E-state index contributed by atoms with van der Waals surface area (Å²) in [5.41, 5.74) is 4.62. The Labute approximate surface area is 126 Å². The van der Waals surface area contributed by atoms with Crippen LogP contribution in [-0.2, 0) is 18.5 Å². The molecule has 0 aliphatic rings. The van der Waals surface area contributed by atoms with Crippen molar-refractivity contribution in [1.82, 2.24) is 15.5 Å². The van der Waals surface area contributed by atoms with Crippen LogP contribution in [0.15, 0.2) is 30.5 Å². The highest BCUT2D eigenvalue weighted by Crippen LogP contribution is 2.23. The number of aliphatic hydroxyl groups excluding tert-OH is 1. The maximum atomic E-state index is 9.50. The molecule has 0 aliphatic carbocycles. The van der Waals surface area contributed by atoms with E-state index in [2.05, 4.69) is 48.4 Å². The van der Waals surface area contributed by atoms with Gasteiger partial charge in [0.15, 0.2) is 0 Å². The zero-order valence-corrected chi connectivity index (χ0v) is 13.3. The number of nitrogens with one attached hydrogen (secondary N) is 2. The fraction of sp³-hybridized carbons (Fsp3) is 0.471. The maximum absolute atomic E-state index is 9.50. The van der Waals surface area contributed by atoms with E-state index in [1.165, 1.54) is 16.8 Å². The number of rotatable bonds is 5. The summed E-state index contributed by atoms with van der Waals surface area (Å²) in [5, 5.41) is 20.2. The molecule has 0 amide bonds. The normalized spacial score (nSPS) is 13.4. The van der Waals surface area contributed by atoms with Crippen molar-refractivity contribution in [2.75, 3.05) is 0 Å². The maximum Gasteiger partial charge on any atom is 0.0761 e. The molecule has 2 rings (SSSR count). The molecule has 0 saturated carbocycles. The van der Waals surface area contributed by atoms with Crippen LogP contribution in [0.2, 0.25) is 0 Å². The van der Waals surface area contributed by atoms with Gasteiger partial charge in [-0.05, 0) is 18.1 Å². The molecule has 21 heavy (non-hydrogen) atoms. The first-order valence-corrected chi connectivity index (χ1v) is 7.38. The molecular formula is C17H25N3O. The Morgan fingerprint density at radius 1 is 1.19 bits per heavy atom. The van der Waals surface area contributed by atoms with Crippen LogP contribution in [-0.4, -0.2) is 15.3 Å². The number of H-pyrrole nitrogens is 1. The van der Waals surface area contributed by atoms with Gasteiger partial charge in [0.2, 0.25) is 0 Å². The summed E-state index contributed by atoms with van der Waals surface area (Å²) in [6.45, 7) is 9.91. The van der Waals surface area contributed by atoms with Crippen molar-refractivity contribution >= 4 is 0 Å². The van der Waals surface area contributed by atoms with E-state index >= 15 is 0 Å². The second kappa shape index (κ2) is 6.41. The number of aromatic amines is 1. The van der Waals surface area contributed by atoms with E-state index < -0.39 is 6.10 Å². The van der Waals surface area contributed by atoms with Gasteiger partial charge >= 0.3 is 0 Å². The highest BCUT2D eigenvalue weighted by Gasteiger charge is 2.19. The van der Waals surface area contributed by atoms with Gasteiger partial charge in [0.05, 0.1) is 12.3 Å². The van der Waals surface area contributed by atoms with Gasteiger partial charge in [-0.1, -0.05) is 45.0 Å². The summed E-state index contributed by atoms with van der Waals surface area (Å²) in [7, 11) is 0. The number of aliphatic hydroxyl groups is 1. The van der Waals surface area contributed by atoms with Gasteiger partial charge in [-0.3, -0.25) is 5.10 Å². The summed E-state index contributed by atoms with van der Waals surface area (Å²) < 4.78 is 0. The van der Waals surface area contributed by atoms with Crippen molar-refractivity contribution < 1.29 is 5.11 Å². The lowest BCUT2D eigenvalue weighted by Crippen LogP contribution is -2.19. The molecule has 1 atom stereocenters. The molecular weight excluding hydrogens is 262 g/mol. The second-order valence-corrected chi connectivity index (χ2v) is 6.54. The Morgan fingerprint density at radius 3 is 2.43 bits per heavy atom. The number of nitrogens with zero attached hydrogens (tertiary/aromatic N) is 1. The molecule has 114 valence electrons. The van der Waals surface area contributed by atoms with E-state index in [9.17, 15) is 5.11 Å². The first kappa shape index (κ1) is 15.7. The van der Waals surface area contributed by atoms with Crippen LogP contribution in [0.1, 0.15) is 56.2 Å². The second-order valence-electron chi connectivity index (χ2n) is 6.54. The fourth-order valence-electron chi connectivity index (χ4n) is 2.35. The van der Waals surface area contributed by atoms with Crippen LogP contribution >= 0.6 is 0 Å². The number of aromatic nitrogens is 2. The zero-order chi connectivity index (χ0) is 15.5. The molecule has 0 fully saturated rings. The average molecular weight is 287 g/mol. The van der Waals surface area contributed by atoms with Crippen LogP contribution in [0.4, 0.5) is 0 Å². The van der Waals surface area contributed by atoms with Gasteiger partial charge in [0.1, 0.15) is 0 Å². The Kier molecular flexibility index (Phi) is 4.80. The first-order valence-electron chi connectivity index (χ1n) is 7.38. The van der Waals surface area contributed by atoms with Gasteiger partial charge in [0.25, 0.3) is 0 Å². The molecule has 1 heterocycles. The van der Waals surface area contributed by atoms with Gasteiger partial charge in [-0.2, -0.15) is 5.10 Å². The fourth-order valence-corrected chi connectivity index (χ4v) is 2.35. The number of benzene rings is 1. The van der Waals surface area contributed by atoms with Crippen LogP contribution in [0.5, 0.6) is 0 Å². The van der Waals surface area contributed by atoms with Crippen molar-refractivity contribution in [3.8, 4) is 0 Å². The third kappa shape index (κ3) is 4.16. The third-order valence-corrected chi connectivity index (χ3v) is 3.57. The van der Waals surface area contributed by atoms with Crippen LogP contribution < -0.4 is 5.32 Å². The summed E-state index contributed by atoms with van der Waals surface area (Å²) in [5.74, 6) is 0. The van der Waals surface area contributed by atoms with E-state index in [4.69, 9.17) is 0 Å². The standard InChI is InChI=1S/C17H25N3O/c1-12(21)14-7-5-13(6-8-14)9-18-10-15-11-19-20-16(15)17(2,3)4/h5-8,11-12,18,21H,9-10H2,1-4H3,(H,19,20)/t12-/m0/s1. The molecule has 0 radical (unpaired) electrons. The minimum atomic E-state index is -0.410. The Hall–Kier alpha value is -1.65. The summed E-state index contributed by atoms with van der Waals surface area (Å²) in [4.78, 5) is 0. The van der Waals surface area contributed by atoms with Crippen molar-refractivity contribution in [2.24, 2.45) is 0 Å². The van der Waals surface area contributed by atoms with E-state index in [0.29, 0.717) is 0 Å². The number of hydrogen-bond donors (Lipinski definition) is 3. The van der Waals surface area contributed by atoms with E-state index in [-0.39, 0.29) is 5.41 Å². The minimum Gasteiger partial charge on any atom is -0.389 e. The molecule has 4 nitrogen and oxygen atoms in total. The topological polar surface area (TPSA) is 60.9 Å². The van der Waals surface area contributed by atoms with Crippen molar-refractivity contribution in [1.29, 1.82) is 0 Å². The smallest absolute Gasteiger partial charge is 0.0761 e. The summed E-state index contributed by atoms with van der Waals surface area (Å²) in [6, 6.07) is 8.05. The molecule has 4 heteroatoms. The lowest BCUT2D eigenvalue weighted by molar-refractivity contribution is 0.199. The van der Waals surface area contributed by atoms with Gasteiger partial charge < -0.3 is 10.4 Å². The van der Waals surface area contributed by atoms with E-state index in [1.807, 2.05) is 18.3 Å². The van der Waals surface area contributed by atoms with Crippen LogP contribution in [0, 0.1) is 0 Å². The summed E-state index contributed by atoms with van der Waals surface area (Å²) in [6.07, 6.45) is 1.48. The first-order chi connectivity index (χ1) is 9.88. The molecule has 0 bridgehead atoms. The van der Waals surface area contributed by atoms with Gasteiger partial charge in [-0.15, -0.1) is 0 Å². The van der Waals surface area contributed by atoms with Gasteiger partial charge in [0, 0.05) is 29.8 Å². The number of hydrogen-bond acceptors (Lipinski definition) is 3. The SMILES string of the molecule is C[C@H](O)c1ccc(CNCc2cn[nH]c2C(C)(C)C)cc1. The predicted octanol–water partition coefficient (Wildman–Crippen LogP) is 3.05. The molecule has 1 aromatic carbocycles. The van der Waals surface area contributed by atoms with Crippen molar-refractivity contribution in [3.63, 3.8) is 0 Å². The Balaban J connectivity index is 1.91. The molecule has 3 N–H and O–H groups in total. The predicted molar refractivity (Wildman–Crippen MR) is 84.9 cm³/mol. The third-order valence-electron chi connectivity index (χ3n) is 3.57. The largest absolute Gasteiger partial charge is 0.389 e. The van der Waals surface area contributed by atoms with E-state index in [0.717, 1.165) is 18.7 Å². The van der Waals surface area contributed by atoms with Gasteiger partial charge in [-0.25, -0.2) is 0 Å². The molecule has 0 spiro atoms. The molecule has 1 aromatic heterocycles. The highest BCUT2D eigenvalue weighted by atomic mass is 16.3. The minimum absolute atomic E-state index is 0.0758. The Bertz CT molecular complexity index is 564. The van der Waals surface area contributed by atoms with Crippen molar-refractivity contribution in [3.05, 3.63) is 52.8 Å². The van der Waals surface area contributed by atoms with Crippen LogP contribution in [0.3, 0.4) is 0 Å². The van der Waals surface area contributed by atoms with E-state index in [1.54, 1.807) is 6.92 Å². The lowest BCUT2D eigenvalue weighted by Gasteiger charge is -2.18. The molecule has 0 unspecified atom stereocenters. The molecule has 0 aliphatic heterocycles. The molecule has 2 aromatic rings. The van der Waals surface area contributed by atoms with Crippen LogP contribution in [0.25, 0.3) is 0 Å². The summed E-state index contributed by atoms with van der Waals surface area (Å²) >= 11 is 0. The monoisotopic (exact) mass is 287 g/mol. The average Bonchev–Trinajstić information content (AvgIpc) is 2.88. The highest BCUT2D eigenvalue weighted by molar-refractivity contribution is 5.25.